The molecule has 106 valence electrons. The molecule has 3 unspecified atom stereocenters. The molecule has 0 saturated heterocycles. The van der Waals surface area contributed by atoms with E-state index >= 15 is 0 Å². The van der Waals surface area contributed by atoms with E-state index in [9.17, 15) is 0 Å². The number of benzene rings is 1. The summed E-state index contributed by atoms with van der Waals surface area (Å²) in [6.45, 7) is 7.08. The third kappa shape index (κ3) is 3.82. The molecule has 1 aliphatic carbocycles. The molecule has 0 bridgehead atoms. The highest BCUT2D eigenvalue weighted by Crippen LogP contribution is 2.31. The molecule has 1 aromatic carbocycles. The van der Waals surface area contributed by atoms with Gasteiger partial charge < -0.3 is 5.32 Å². The van der Waals surface area contributed by atoms with Crippen LogP contribution in [0, 0.1) is 11.8 Å². The van der Waals surface area contributed by atoms with Gasteiger partial charge in [-0.05, 0) is 48.8 Å². The van der Waals surface area contributed by atoms with E-state index in [0.717, 1.165) is 22.7 Å². The van der Waals surface area contributed by atoms with Crippen molar-refractivity contribution >= 4 is 15.9 Å². The van der Waals surface area contributed by atoms with Gasteiger partial charge in [-0.25, -0.2) is 0 Å². The minimum Gasteiger partial charge on any atom is -0.307 e. The first-order valence-corrected chi connectivity index (χ1v) is 8.42. The molecule has 0 spiro atoms. The molecule has 1 saturated carbocycles. The minimum atomic E-state index is 0.487. The normalized spacial score (nSPS) is 29.2. The number of nitrogens with one attached hydrogen (secondary N) is 1. The highest BCUT2D eigenvalue weighted by Gasteiger charge is 2.29. The summed E-state index contributed by atoms with van der Waals surface area (Å²) in [7, 11) is 0. The molecule has 19 heavy (non-hydrogen) atoms. The smallest absolute Gasteiger partial charge is 0.0320 e. The molecule has 1 aliphatic rings. The van der Waals surface area contributed by atoms with Gasteiger partial charge in [-0.2, -0.15) is 0 Å². The molecule has 3 atom stereocenters. The first-order chi connectivity index (χ1) is 9.11. The average molecular weight is 324 g/mol. The topological polar surface area (TPSA) is 12.0 Å². The Labute approximate surface area is 126 Å². The van der Waals surface area contributed by atoms with Crippen molar-refractivity contribution in [2.45, 2.75) is 58.5 Å². The third-order valence-corrected chi connectivity index (χ3v) is 5.15. The van der Waals surface area contributed by atoms with Gasteiger partial charge in [0.2, 0.25) is 0 Å². The summed E-state index contributed by atoms with van der Waals surface area (Å²) >= 11 is 3.51. The molecule has 2 rings (SSSR count). The quantitative estimate of drug-likeness (QED) is 0.791. The summed E-state index contributed by atoms with van der Waals surface area (Å²) in [6, 6.07) is 9.93. The van der Waals surface area contributed by atoms with Gasteiger partial charge in [-0.1, -0.05) is 55.3 Å². The van der Waals surface area contributed by atoms with Crippen LogP contribution >= 0.6 is 15.9 Å². The summed E-state index contributed by atoms with van der Waals surface area (Å²) in [6.07, 6.45) is 5.30. The van der Waals surface area contributed by atoms with Crippen LogP contribution in [0.25, 0.3) is 0 Å². The van der Waals surface area contributed by atoms with Crippen LogP contribution in [-0.4, -0.2) is 6.04 Å². The maximum atomic E-state index is 3.93. The first-order valence-electron chi connectivity index (χ1n) is 7.63. The Morgan fingerprint density at radius 2 is 1.74 bits per heavy atom. The van der Waals surface area contributed by atoms with Crippen LogP contribution in [0.5, 0.6) is 0 Å². The number of hydrogen-bond donors (Lipinski definition) is 1. The van der Waals surface area contributed by atoms with Crippen molar-refractivity contribution in [3.05, 3.63) is 34.3 Å². The third-order valence-electron chi connectivity index (χ3n) is 4.62. The summed E-state index contributed by atoms with van der Waals surface area (Å²) in [5, 5.41) is 3.93. The Morgan fingerprint density at radius 3 is 2.26 bits per heavy atom. The van der Waals surface area contributed by atoms with Crippen molar-refractivity contribution in [2.24, 2.45) is 11.8 Å². The summed E-state index contributed by atoms with van der Waals surface area (Å²) < 4.78 is 1.16. The first kappa shape index (κ1) is 15.1. The zero-order valence-corrected chi connectivity index (χ0v) is 13.9. The van der Waals surface area contributed by atoms with Gasteiger partial charge in [0.15, 0.2) is 0 Å². The van der Waals surface area contributed by atoms with Crippen molar-refractivity contribution in [3.8, 4) is 0 Å². The summed E-state index contributed by atoms with van der Waals surface area (Å²) in [5.41, 5.74) is 1.41. The van der Waals surface area contributed by atoms with Crippen molar-refractivity contribution in [1.29, 1.82) is 0 Å². The molecular formula is C17H26BrN. The summed E-state index contributed by atoms with van der Waals surface area (Å²) in [4.78, 5) is 0. The predicted octanol–water partition coefficient (Wildman–Crippen LogP) is 5.31. The van der Waals surface area contributed by atoms with E-state index in [0.29, 0.717) is 12.1 Å². The van der Waals surface area contributed by atoms with E-state index < -0.39 is 0 Å². The van der Waals surface area contributed by atoms with Crippen LogP contribution in [-0.2, 0) is 0 Å². The molecule has 2 heteroatoms. The molecule has 0 radical (unpaired) electrons. The van der Waals surface area contributed by atoms with Crippen molar-refractivity contribution in [1.82, 2.24) is 5.32 Å². The average Bonchev–Trinajstić information content (AvgIpc) is 2.40. The van der Waals surface area contributed by atoms with Gasteiger partial charge in [0, 0.05) is 16.6 Å². The van der Waals surface area contributed by atoms with E-state index in [1.54, 1.807) is 0 Å². The lowest BCUT2D eigenvalue weighted by molar-refractivity contribution is 0.191. The highest BCUT2D eigenvalue weighted by molar-refractivity contribution is 9.10. The van der Waals surface area contributed by atoms with E-state index in [1.165, 1.54) is 24.8 Å². The maximum Gasteiger partial charge on any atom is 0.0320 e. The lowest BCUT2D eigenvalue weighted by atomic mass is 9.78. The maximum absolute atomic E-state index is 3.93. The van der Waals surface area contributed by atoms with Gasteiger partial charge >= 0.3 is 0 Å². The number of halogens is 1. The van der Waals surface area contributed by atoms with Gasteiger partial charge in [0.1, 0.15) is 0 Å². The lowest BCUT2D eigenvalue weighted by Gasteiger charge is -2.38. The van der Waals surface area contributed by atoms with Gasteiger partial charge in [-0.15, -0.1) is 0 Å². The largest absolute Gasteiger partial charge is 0.307 e. The molecule has 0 aliphatic heterocycles. The summed E-state index contributed by atoms with van der Waals surface area (Å²) in [5.74, 6) is 1.60. The molecule has 1 aromatic rings. The molecule has 0 aromatic heterocycles. The zero-order valence-electron chi connectivity index (χ0n) is 12.3. The van der Waals surface area contributed by atoms with Crippen molar-refractivity contribution in [2.75, 3.05) is 0 Å². The Bertz CT molecular complexity index is 377. The van der Waals surface area contributed by atoms with E-state index in [1.807, 2.05) is 0 Å². The fourth-order valence-corrected chi connectivity index (χ4v) is 3.65. The van der Waals surface area contributed by atoms with Crippen LogP contribution in [0.3, 0.4) is 0 Å². The predicted molar refractivity (Wildman–Crippen MR) is 86.3 cm³/mol. The molecule has 1 fully saturated rings. The SMILES string of the molecule is CCC(NC1C(C)CCCC1C)c1ccc(Br)cc1. The minimum absolute atomic E-state index is 0.487. The van der Waals surface area contributed by atoms with E-state index in [-0.39, 0.29) is 0 Å². The Kier molecular flexibility index (Phi) is 5.47. The second-order valence-electron chi connectivity index (χ2n) is 6.09. The van der Waals surface area contributed by atoms with Crippen LogP contribution in [0.15, 0.2) is 28.7 Å². The Balaban J connectivity index is 2.07. The zero-order chi connectivity index (χ0) is 13.8. The van der Waals surface area contributed by atoms with Crippen molar-refractivity contribution < 1.29 is 0 Å². The standard InChI is InChI=1S/C17H26BrN/c1-4-16(14-8-10-15(18)11-9-14)19-17-12(2)6-5-7-13(17)3/h8-13,16-17,19H,4-7H2,1-3H3. The second-order valence-corrected chi connectivity index (χ2v) is 7.01. The monoisotopic (exact) mass is 323 g/mol. The fraction of sp³-hybridized carbons (Fsp3) is 0.647. The number of rotatable bonds is 4. The van der Waals surface area contributed by atoms with Gasteiger partial charge in [0.05, 0.1) is 0 Å². The van der Waals surface area contributed by atoms with Crippen LogP contribution in [0.4, 0.5) is 0 Å². The van der Waals surface area contributed by atoms with Crippen LogP contribution in [0.2, 0.25) is 0 Å². The Morgan fingerprint density at radius 1 is 1.16 bits per heavy atom. The fourth-order valence-electron chi connectivity index (χ4n) is 3.39. The number of hydrogen-bond acceptors (Lipinski definition) is 1. The van der Waals surface area contributed by atoms with E-state index in [4.69, 9.17) is 0 Å². The van der Waals surface area contributed by atoms with E-state index in [2.05, 4.69) is 66.3 Å². The Hall–Kier alpha value is -0.340. The molecule has 1 N–H and O–H groups in total. The van der Waals surface area contributed by atoms with Gasteiger partial charge in [0.25, 0.3) is 0 Å². The second kappa shape index (κ2) is 6.90. The van der Waals surface area contributed by atoms with Crippen molar-refractivity contribution in [3.63, 3.8) is 0 Å². The highest BCUT2D eigenvalue weighted by atomic mass is 79.9. The molecule has 0 amide bonds. The van der Waals surface area contributed by atoms with Gasteiger partial charge in [-0.3, -0.25) is 0 Å². The molecule has 0 heterocycles. The molecular weight excluding hydrogens is 298 g/mol. The van der Waals surface area contributed by atoms with Crippen LogP contribution < -0.4 is 5.32 Å². The van der Waals surface area contributed by atoms with Crippen LogP contribution in [0.1, 0.15) is 58.1 Å². The lowest BCUT2D eigenvalue weighted by Crippen LogP contribution is -2.44. The molecule has 1 nitrogen and oxygen atoms in total.